The molecule has 0 spiro atoms. The largest absolute Gasteiger partial charge is 0.360 e. The van der Waals surface area contributed by atoms with Crippen molar-refractivity contribution in [2.75, 3.05) is 11.9 Å². The smallest absolute Gasteiger partial charge is 0.183 e. The molecule has 0 saturated carbocycles. The van der Waals surface area contributed by atoms with Crippen molar-refractivity contribution < 1.29 is 0 Å². The van der Waals surface area contributed by atoms with Crippen LogP contribution in [0, 0.1) is 6.92 Å². The predicted octanol–water partition coefficient (Wildman–Crippen LogP) is 2.91. The van der Waals surface area contributed by atoms with Gasteiger partial charge in [0.1, 0.15) is 0 Å². The highest BCUT2D eigenvalue weighted by atomic mass is 32.1. The molecule has 0 aliphatic heterocycles. The molecule has 0 aliphatic rings. The first-order chi connectivity index (χ1) is 8.81. The van der Waals surface area contributed by atoms with E-state index in [4.69, 9.17) is 0 Å². The maximum Gasteiger partial charge on any atom is 0.183 e. The third-order valence-corrected chi connectivity index (χ3v) is 3.74. The normalized spacial score (nSPS) is 10.9. The van der Waals surface area contributed by atoms with Gasteiger partial charge in [-0.3, -0.25) is 0 Å². The molecule has 2 aromatic heterocycles. The van der Waals surface area contributed by atoms with Crippen LogP contribution in [0.25, 0.3) is 10.2 Å². The molecular formula is C13H14N4S. The fourth-order valence-corrected chi connectivity index (χ4v) is 2.70. The summed E-state index contributed by atoms with van der Waals surface area (Å²) in [4.78, 5) is 8.59. The van der Waals surface area contributed by atoms with Crippen molar-refractivity contribution >= 4 is 26.7 Å². The fourth-order valence-electron chi connectivity index (χ4n) is 1.82. The minimum atomic E-state index is 0.856. The average molecular weight is 258 g/mol. The maximum absolute atomic E-state index is 4.57. The molecule has 0 radical (unpaired) electrons. The third-order valence-electron chi connectivity index (χ3n) is 2.75. The lowest BCUT2D eigenvalue weighted by atomic mass is 10.2. The van der Waals surface area contributed by atoms with Crippen molar-refractivity contribution in [3.63, 3.8) is 0 Å². The number of hydrogen-bond donors (Lipinski definition) is 1. The first-order valence-electron chi connectivity index (χ1n) is 5.88. The summed E-state index contributed by atoms with van der Waals surface area (Å²) in [7, 11) is 0. The second-order valence-corrected chi connectivity index (χ2v) is 5.25. The highest BCUT2D eigenvalue weighted by Crippen LogP contribution is 2.26. The van der Waals surface area contributed by atoms with E-state index in [1.807, 2.05) is 17.1 Å². The zero-order valence-electron chi connectivity index (χ0n) is 10.1. The number of anilines is 1. The minimum absolute atomic E-state index is 0.856. The Balaban J connectivity index is 1.67. The van der Waals surface area contributed by atoms with Crippen LogP contribution in [-0.4, -0.2) is 21.1 Å². The first kappa shape index (κ1) is 11.2. The van der Waals surface area contributed by atoms with E-state index in [9.17, 15) is 0 Å². The molecule has 0 aliphatic carbocycles. The van der Waals surface area contributed by atoms with Gasteiger partial charge in [0.05, 0.1) is 16.5 Å². The molecule has 5 heteroatoms. The Morgan fingerprint density at radius 3 is 3.17 bits per heavy atom. The summed E-state index contributed by atoms with van der Waals surface area (Å²) in [5, 5.41) is 4.33. The summed E-state index contributed by atoms with van der Waals surface area (Å²) < 4.78 is 3.27. The van der Waals surface area contributed by atoms with Gasteiger partial charge < -0.3 is 9.88 Å². The molecule has 4 nitrogen and oxygen atoms in total. The van der Waals surface area contributed by atoms with E-state index in [2.05, 4.69) is 40.4 Å². The molecule has 1 aromatic carbocycles. The van der Waals surface area contributed by atoms with Crippen LogP contribution in [0.3, 0.4) is 0 Å². The van der Waals surface area contributed by atoms with Crippen LogP contribution in [0.4, 0.5) is 5.13 Å². The van der Waals surface area contributed by atoms with Gasteiger partial charge in [-0.05, 0) is 24.6 Å². The lowest BCUT2D eigenvalue weighted by Crippen LogP contribution is -2.08. The Morgan fingerprint density at radius 2 is 2.33 bits per heavy atom. The van der Waals surface area contributed by atoms with Gasteiger partial charge in [0.25, 0.3) is 0 Å². The molecule has 92 valence electrons. The molecule has 3 rings (SSSR count). The number of rotatable bonds is 4. The average Bonchev–Trinajstić information content (AvgIpc) is 2.97. The molecule has 18 heavy (non-hydrogen) atoms. The van der Waals surface area contributed by atoms with Gasteiger partial charge in [0.2, 0.25) is 0 Å². The van der Waals surface area contributed by atoms with Crippen molar-refractivity contribution in [3.05, 3.63) is 42.5 Å². The second kappa shape index (κ2) is 4.78. The Kier molecular flexibility index (Phi) is 2.98. The summed E-state index contributed by atoms with van der Waals surface area (Å²) in [6.07, 6.45) is 5.58. The van der Waals surface area contributed by atoms with Gasteiger partial charge in [-0.25, -0.2) is 9.97 Å². The number of nitrogens with zero attached hydrogens (tertiary/aromatic N) is 3. The molecule has 3 aromatic rings. The van der Waals surface area contributed by atoms with Crippen LogP contribution in [0.1, 0.15) is 5.56 Å². The molecule has 0 atom stereocenters. The summed E-state index contributed by atoms with van der Waals surface area (Å²) in [5.41, 5.74) is 2.32. The molecule has 0 amide bonds. The Morgan fingerprint density at radius 1 is 1.39 bits per heavy atom. The zero-order chi connectivity index (χ0) is 12.4. The van der Waals surface area contributed by atoms with Crippen molar-refractivity contribution in [2.24, 2.45) is 0 Å². The molecule has 0 bridgehead atoms. The van der Waals surface area contributed by atoms with E-state index in [0.29, 0.717) is 0 Å². The molecule has 0 unspecified atom stereocenters. The number of thiazole rings is 1. The van der Waals surface area contributed by atoms with Gasteiger partial charge >= 0.3 is 0 Å². The molecule has 0 fully saturated rings. The van der Waals surface area contributed by atoms with Crippen LogP contribution >= 0.6 is 11.3 Å². The van der Waals surface area contributed by atoms with Gasteiger partial charge in [0.15, 0.2) is 5.13 Å². The lowest BCUT2D eigenvalue weighted by molar-refractivity contribution is 0.726. The van der Waals surface area contributed by atoms with E-state index in [-0.39, 0.29) is 0 Å². The van der Waals surface area contributed by atoms with Crippen molar-refractivity contribution in [1.29, 1.82) is 0 Å². The van der Waals surface area contributed by atoms with Gasteiger partial charge in [-0.15, -0.1) is 0 Å². The summed E-state index contributed by atoms with van der Waals surface area (Å²) >= 11 is 1.70. The quantitative estimate of drug-likeness (QED) is 0.782. The van der Waals surface area contributed by atoms with Crippen LogP contribution < -0.4 is 5.32 Å². The van der Waals surface area contributed by atoms with Crippen molar-refractivity contribution in [1.82, 2.24) is 14.5 Å². The molecular weight excluding hydrogens is 244 g/mol. The van der Waals surface area contributed by atoms with E-state index in [1.54, 1.807) is 17.5 Å². The number of imidazole rings is 1. The Bertz CT molecular complexity index is 642. The van der Waals surface area contributed by atoms with Crippen LogP contribution in [0.5, 0.6) is 0 Å². The van der Waals surface area contributed by atoms with Crippen molar-refractivity contribution in [3.8, 4) is 0 Å². The molecule has 0 saturated heterocycles. The Labute approximate surface area is 109 Å². The van der Waals surface area contributed by atoms with Crippen LogP contribution in [-0.2, 0) is 6.54 Å². The monoisotopic (exact) mass is 258 g/mol. The summed E-state index contributed by atoms with van der Waals surface area (Å²) in [6, 6.07) is 6.37. The number of aromatic nitrogens is 3. The highest BCUT2D eigenvalue weighted by molar-refractivity contribution is 7.22. The topological polar surface area (TPSA) is 42.7 Å². The van der Waals surface area contributed by atoms with Gasteiger partial charge in [-0.2, -0.15) is 0 Å². The minimum Gasteiger partial charge on any atom is -0.360 e. The lowest BCUT2D eigenvalue weighted by Gasteiger charge is -2.02. The number of nitrogens with one attached hydrogen (secondary N) is 1. The highest BCUT2D eigenvalue weighted by Gasteiger charge is 2.02. The van der Waals surface area contributed by atoms with E-state index in [1.165, 1.54) is 10.3 Å². The SMILES string of the molecule is Cc1ccc2sc(NCCn3ccnc3)nc2c1. The second-order valence-electron chi connectivity index (χ2n) is 4.22. The van der Waals surface area contributed by atoms with E-state index in [0.717, 1.165) is 23.7 Å². The van der Waals surface area contributed by atoms with Crippen LogP contribution in [0.2, 0.25) is 0 Å². The third kappa shape index (κ3) is 2.36. The number of hydrogen-bond acceptors (Lipinski definition) is 4. The van der Waals surface area contributed by atoms with E-state index >= 15 is 0 Å². The fraction of sp³-hybridized carbons (Fsp3) is 0.231. The number of aryl methyl sites for hydroxylation is 1. The molecule has 2 heterocycles. The zero-order valence-corrected chi connectivity index (χ0v) is 10.9. The maximum atomic E-state index is 4.57. The summed E-state index contributed by atoms with van der Waals surface area (Å²) in [5.74, 6) is 0. The van der Waals surface area contributed by atoms with E-state index < -0.39 is 0 Å². The van der Waals surface area contributed by atoms with Crippen LogP contribution in [0.15, 0.2) is 36.9 Å². The number of benzene rings is 1. The van der Waals surface area contributed by atoms with Gasteiger partial charge in [0, 0.05) is 25.5 Å². The first-order valence-corrected chi connectivity index (χ1v) is 6.70. The summed E-state index contributed by atoms with van der Waals surface area (Å²) in [6.45, 7) is 3.84. The molecule has 1 N–H and O–H groups in total. The Hall–Kier alpha value is -1.88. The predicted molar refractivity (Wildman–Crippen MR) is 75.1 cm³/mol. The van der Waals surface area contributed by atoms with Gasteiger partial charge in [-0.1, -0.05) is 17.4 Å². The number of fused-ring (bicyclic) bond motifs is 1. The van der Waals surface area contributed by atoms with Crippen molar-refractivity contribution in [2.45, 2.75) is 13.5 Å². The standard InChI is InChI=1S/C13H14N4S/c1-10-2-3-12-11(8-10)16-13(18-12)15-5-7-17-6-4-14-9-17/h2-4,6,8-9H,5,7H2,1H3,(H,15,16).